The standard InChI is InChI=1S/C12H14N4O4/c1-7-9(5-15-20-7)11(17)16-10(12(18)19-2)3-8-4-13-6-14-8/h4-6,10H,3H2,1-2H3,(H,13,14)(H,16,17)/t10-/m0/s1. The molecule has 0 spiro atoms. The van der Waals surface area contributed by atoms with Crippen LogP contribution >= 0.6 is 0 Å². The van der Waals surface area contributed by atoms with Gasteiger partial charge in [0.25, 0.3) is 5.91 Å². The number of aromatic amines is 1. The Morgan fingerprint density at radius 3 is 2.85 bits per heavy atom. The normalized spacial score (nSPS) is 11.9. The summed E-state index contributed by atoms with van der Waals surface area (Å²) in [6.07, 6.45) is 4.63. The second-order valence-corrected chi connectivity index (χ2v) is 4.13. The van der Waals surface area contributed by atoms with Crippen molar-refractivity contribution < 1.29 is 18.8 Å². The second-order valence-electron chi connectivity index (χ2n) is 4.13. The van der Waals surface area contributed by atoms with Gasteiger partial charge in [-0.2, -0.15) is 0 Å². The summed E-state index contributed by atoms with van der Waals surface area (Å²) in [6, 6.07) is -0.817. The van der Waals surface area contributed by atoms with E-state index in [1.165, 1.54) is 19.6 Å². The Morgan fingerprint density at radius 1 is 1.50 bits per heavy atom. The van der Waals surface area contributed by atoms with Crippen molar-refractivity contribution >= 4 is 11.9 Å². The summed E-state index contributed by atoms with van der Waals surface area (Å²) in [4.78, 5) is 30.5. The molecule has 0 bridgehead atoms. The first-order valence-electron chi connectivity index (χ1n) is 5.89. The molecule has 1 amide bonds. The van der Waals surface area contributed by atoms with E-state index in [1.54, 1.807) is 13.1 Å². The maximum Gasteiger partial charge on any atom is 0.328 e. The molecule has 0 saturated heterocycles. The van der Waals surface area contributed by atoms with Gasteiger partial charge in [0.15, 0.2) is 0 Å². The number of hydrogen-bond donors (Lipinski definition) is 2. The van der Waals surface area contributed by atoms with E-state index < -0.39 is 17.9 Å². The highest BCUT2D eigenvalue weighted by Gasteiger charge is 2.24. The zero-order chi connectivity index (χ0) is 14.5. The number of aromatic nitrogens is 3. The first-order chi connectivity index (χ1) is 9.61. The maximum atomic E-state index is 12.0. The minimum atomic E-state index is -0.817. The zero-order valence-electron chi connectivity index (χ0n) is 11.0. The van der Waals surface area contributed by atoms with Crippen LogP contribution in [0.25, 0.3) is 0 Å². The number of ether oxygens (including phenoxy) is 1. The molecule has 8 nitrogen and oxygen atoms in total. The number of amides is 1. The van der Waals surface area contributed by atoms with E-state index in [1.807, 2.05) is 0 Å². The first-order valence-corrected chi connectivity index (χ1v) is 5.89. The highest BCUT2D eigenvalue weighted by Crippen LogP contribution is 2.07. The van der Waals surface area contributed by atoms with Crippen LogP contribution in [0.5, 0.6) is 0 Å². The molecular formula is C12H14N4O4. The number of imidazole rings is 1. The molecule has 0 fully saturated rings. The zero-order valence-corrected chi connectivity index (χ0v) is 11.0. The van der Waals surface area contributed by atoms with Crippen molar-refractivity contribution in [3.63, 3.8) is 0 Å². The van der Waals surface area contributed by atoms with Gasteiger partial charge in [-0.15, -0.1) is 0 Å². The molecule has 0 aliphatic rings. The lowest BCUT2D eigenvalue weighted by Crippen LogP contribution is -2.43. The van der Waals surface area contributed by atoms with Gasteiger partial charge in [-0.1, -0.05) is 5.16 Å². The molecule has 0 aromatic carbocycles. The van der Waals surface area contributed by atoms with Crippen molar-refractivity contribution in [2.75, 3.05) is 7.11 Å². The number of hydrogen-bond acceptors (Lipinski definition) is 6. The third-order valence-electron chi connectivity index (χ3n) is 2.77. The van der Waals surface area contributed by atoms with Crippen LogP contribution in [0, 0.1) is 6.92 Å². The van der Waals surface area contributed by atoms with Gasteiger partial charge in [-0.3, -0.25) is 4.79 Å². The fraction of sp³-hybridized carbons (Fsp3) is 0.333. The molecule has 2 N–H and O–H groups in total. The largest absolute Gasteiger partial charge is 0.467 e. The van der Waals surface area contributed by atoms with Gasteiger partial charge in [0, 0.05) is 18.3 Å². The first kappa shape index (κ1) is 13.8. The summed E-state index contributed by atoms with van der Waals surface area (Å²) in [5.41, 5.74) is 0.992. The molecular weight excluding hydrogens is 264 g/mol. The van der Waals surface area contributed by atoms with Crippen LogP contribution in [0.15, 0.2) is 23.2 Å². The number of rotatable bonds is 5. The van der Waals surface area contributed by atoms with Crippen molar-refractivity contribution in [2.45, 2.75) is 19.4 Å². The van der Waals surface area contributed by atoms with Crippen molar-refractivity contribution in [1.29, 1.82) is 0 Å². The molecule has 0 aliphatic carbocycles. The molecule has 0 saturated carbocycles. The molecule has 0 radical (unpaired) electrons. The lowest BCUT2D eigenvalue weighted by molar-refractivity contribution is -0.142. The summed E-state index contributed by atoms with van der Waals surface area (Å²) in [5.74, 6) is -0.603. The average Bonchev–Trinajstić information content (AvgIpc) is 3.08. The molecule has 0 unspecified atom stereocenters. The lowest BCUT2D eigenvalue weighted by Gasteiger charge is -2.15. The van der Waals surface area contributed by atoms with Crippen LogP contribution in [0.3, 0.4) is 0 Å². The van der Waals surface area contributed by atoms with Gasteiger partial charge in [0.05, 0.1) is 19.6 Å². The monoisotopic (exact) mass is 278 g/mol. The van der Waals surface area contributed by atoms with Gasteiger partial charge >= 0.3 is 5.97 Å². The third kappa shape index (κ3) is 3.02. The van der Waals surface area contributed by atoms with Crippen LogP contribution in [0.4, 0.5) is 0 Å². The molecule has 20 heavy (non-hydrogen) atoms. The Hall–Kier alpha value is -2.64. The van der Waals surface area contributed by atoms with Crippen LogP contribution in [-0.2, 0) is 16.0 Å². The van der Waals surface area contributed by atoms with Gasteiger partial charge < -0.3 is 19.6 Å². The van der Waals surface area contributed by atoms with Gasteiger partial charge in [-0.05, 0) is 6.92 Å². The lowest BCUT2D eigenvalue weighted by atomic mass is 10.1. The molecule has 0 aliphatic heterocycles. The van der Waals surface area contributed by atoms with Crippen LogP contribution in [-0.4, -0.2) is 40.2 Å². The summed E-state index contributed by atoms with van der Waals surface area (Å²) in [5, 5.41) is 6.11. The van der Waals surface area contributed by atoms with Gasteiger partial charge in [-0.25, -0.2) is 9.78 Å². The highest BCUT2D eigenvalue weighted by atomic mass is 16.5. The average molecular weight is 278 g/mol. The molecule has 2 aromatic rings. The van der Waals surface area contributed by atoms with E-state index in [4.69, 9.17) is 4.52 Å². The Labute approximate surface area is 114 Å². The third-order valence-corrected chi connectivity index (χ3v) is 2.77. The smallest absolute Gasteiger partial charge is 0.328 e. The van der Waals surface area contributed by atoms with Crippen LogP contribution in [0.1, 0.15) is 21.8 Å². The van der Waals surface area contributed by atoms with Gasteiger partial charge in [0.1, 0.15) is 17.4 Å². The fourth-order valence-corrected chi connectivity index (χ4v) is 1.70. The minimum Gasteiger partial charge on any atom is -0.467 e. The number of nitrogens with zero attached hydrogens (tertiary/aromatic N) is 2. The fourth-order valence-electron chi connectivity index (χ4n) is 1.70. The quantitative estimate of drug-likeness (QED) is 0.757. The van der Waals surface area contributed by atoms with Crippen LogP contribution in [0.2, 0.25) is 0 Å². The second kappa shape index (κ2) is 6.00. The Bertz CT molecular complexity index is 590. The number of esters is 1. The van der Waals surface area contributed by atoms with E-state index in [0.717, 1.165) is 0 Å². The number of carbonyl (C=O) groups is 2. The minimum absolute atomic E-state index is 0.253. The predicted octanol–water partition coefficient (Wildman–Crippen LogP) is 0.220. The maximum absolute atomic E-state index is 12.0. The molecule has 2 rings (SSSR count). The topological polar surface area (TPSA) is 110 Å². The summed E-state index contributed by atoms with van der Waals surface area (Å²) in [6.45, 7) is 1.62. The van der Waals surface area contributed by atoms with Crippen molar-refractivity contribution in [3.8, 4) is 0 Å². The van der Waals surface area contributed by atoms with E-state index in [9.17, 15) is 9.59 Å². The van der Waals surface area contributed by atoms with Crippen molar-refractivity contribution in [1.82, 2.24) is 20.4 Å². The van der Waals surface area contributed by atoms with E-state index in [-0.39, 0.29) is 12.0 Å². The van der Waals surface area contributed by atoms with Crippen molar-refractivity contribution in [3.05, 3.63) is 35.7 Å². The SMILES string of the molecule is COC(=O)[C@H](Cc1cnc[nH]1)NC(=O)c1cnoc1C. The number of nitrogens with one attached hydrogen (secondary N) is 2. The number of carbonyl (C=O) groups excluding carboxylic acids is 2. The van der Waals surface area contributed by atoms with E-state index in [2.05, 4.69) is 25.2 Å². The number of methoxy groups -OCH3 is 1. The Morgan fingerprint density at radius 2 is 2.30 bits per heavy atom. The summed E-state index contributed by atoms with van der Waals surface area (Å²) >= 11 is 0. The predicted molar refractivity (Wildman–Crippen MR) is 66.8 cm³/mol. The summed E-state index contributed by atoms with van der Waals surface area (Å²) < 4.78 is 9.50. The van der Waals surface area contributed by atoms with E-state index >= 15 is 0 Å². The Kier molecular flexibility index (Phi) is 4.14. The molecule has 106 valence electrons. The summed E-state index contributed by atoms with van der Waals surface area (Å²) in [7, 11) is 1.26. The molecule has 1 atom stereocenters. The van der Waals surface area contributed by atoms with Crippen molar-refractivity contribution in [2.24, 2.45) is 0 Å². The molecule has 8 heteroatoms. The molecule has 2 heterocycles. The number of aryl methyl sites for hydroxylation is 1. The van der Waals surface area contributed by atoms with Gasteiger partial charge in [0.2, 0.25) is 0 Å². The Balaban J connectivity index is 2.10. The van der Waals surface area contributed by atoms with E-state index in [0.29, 0.717) is 11.5 Å². The highest BCUT2D eigenvalue weighted by molar-refractivity contribution is 5.97. The van der Waals surface area contributed by atoms with Crippen LogP contribution < -0.4 is 5.32 Å². The molecule has 2 aromatic heterocycles. The number of H-pyrrole nitrogens is 1.